The highest BCUT2D eigenvalue weighted by Crippen LogP contribution is 2.26. The molecule has 2 unspecified atom stereocenters. The monoisotopic (exact) mass is 275 g/mol. The normalized spacial score (nSPS) is 23.4. The Labute approximate surface area is 123 Å². The molecule has 2 heterocycles. The topological polar surface area (TPSA) is 28.2 Å². The fraction of sp³-hybridized carbons (Fsp3) is 0.706. The summed E-state index contributed by atoms with van der Waals surface area (Å²) in [4.78, 5) is 7.20. The van der Waals surface area contributed by atoms with E-state index in [0.717, 1.165) is 43.0 Å². The van der Waals surface area contributed by atoms with Gasteiger partial charge in [-0.3, -0.25) is 0 Å². The predicted octanol–water partition coefficient (Wildman–Crippen LogP) is 3.37. The Kier molecular flexibility index (Phi) is 5.03. The number of rotatable bonds is 4. The summed E-state index contributed by atoms with van der Waals surface area (Å²) >= 11 is 0. The number of aromatic nitrogens is 1. The van der Waals surface area contributed by atoms with Gasteiger partial charge in [0, 0.05) is 31.4 Å². The van der Waals surface area contributed by atoms with Gasteiger partial charge in [0.25, 0.3) is 0 Å². The van der Waals surface area contributed by atoms with Gasteiger partial charge in [0.2, 0.25) is 0 Å². The molecule has 112 valence electrons. The molecule has 1 aliphatic heterocycles. The van der Waals surface area contributed by atoms with E-state index in [1.807, 2.05) is 0 Å². The molecule has 1 fully saturated rings. The number of anilines is 1. The fourth-order valence-electron chi connectivity index (χ4n) is 2.78. The first-order chi connectivity index (χ1) is 9.45. The summed E-state index contributed by atoms with van der Waals surface area (Å²) in [7, 11) is 0. The molecular formula is C17H29N3. The molecule has 0 saturated carbocycles. The molecule has 0 spiro atoms. The van der Waals surface area contributed by atoms with Gasteiger partial charge in [0.1, 0.15) is 5.82 Å². The molecule has 1 aromatic rings. The van der Waals surface area contributed by atoms with Crippen molar-refractivity contribution in [3.63, 3.8) is 0 Å². The highest BCUT2D eigenvalue weighted by molar-refractivity contribution is 5.43. The first-order valence-electron chi connectivity index (χ1n) is 7.91. The molecule has 2 rings (SSSR count). The Hall–Kier alpha value is -1.09. The van der Waals surface area contributed by atoms with Crippen LogP contribution in [0.25, 0.3) is 0 Å². The van der Waals surface area contributed by atoms with Crippen molar-refractivity contribution in [3.05, 3.63) is 23.4 Å². The first-order valence-corrected chi connectivity index (χ1v) is 7.91. The van der Waals surface area contributed by atoms with Crippen molar-refractivity contribution in [2.75, 3.05) is 18.0 Å². The number of nitrogens with zero attached hydrogens (tertiary/aromatic N) is 2. The lowest BCUT2D eigenvalue weighted by atomic mass is 9.89. The van der Waals surface area contributed by atoms with Crippen LogP contribution in [0.1, 0.15) is 45.4 Å². The quantitative estimate of drug-likeness (QED) is 0.913. The minimum absolute atomic E-state index is 0.516. The van der Waals surface area contributed by atoms with Crippen LogP contribution in [-0.4, -0.2) is 24.1 Å². The highest BCUT2D eigenvalue weighted by Gasteiger charge is 2.23. The van der Waals surface area contributed by atoms with E-state index in [1.54, 1.807) is 0 Å². The smallest absolute Gasteiger partial charge is 0.129 e. The van der Waals surface area contributed by atoms with Gasteiger partial charge in [-0.15, -0.1) is 0 Å². The second kappa shape index (κ2) is 6.57. The van der Waals surface area contributed by atoms with Crippen LogP contribution >= 0.6 is 0 Å². The Balaban J connectivity index is 2.11. The highest BCUT2D eigenvalue weighted by atomic mass is 15.2. The molecule has 2 atom stereocenters. The van der Waals surface area contributed by atoms with Crippen molar-refractivity contribution in [2.24, 2.45) is 11.8 Å². The second-order valence-electron chi connectivity index (χ2n) is 6.70. The molecule has 3 heteroatoms. The average Bonchev–Trinajstić information content (AvgIpc) is 2.39. The molecule has 1 aliphatic rings. The van der Waals surface area contributed by atoms with Crippen molar-refractivity contribution in [3.8, 4) is 0 Å². The zero-order chi connectivity index (χ0) is 14.7. The van der Waals surface area contributed by atoms with Gasteiger partial charge in [0.05, 0.1) is 0 Å². The molecule has 0 bridgehead atoms. The number of aryl methyl sites for hydroxylation is 1. The standard InChI is InChI=1S/C17H29N3/c1-12(2)18-10-16-8-15(5)19-17(9-16)20-7-6-13(3)14(4)11-20/h8-9,12-14,18H,6-7,10-11H2,1-5H3. The van der Waals surface area contributed by atoms with Crippen molar-refractivity contribution < 1.29 is 0 Å². The lowest BCUT2D eigenvalue weighted by molar-refractivity contribution is 0.322. The first kappa shape index (κ1) is 15.3. The molecule has 0 aliphatic carbocycles. The summed E-state index contributed by atoms with van der Waals surface area (Å²) < 4.78 is 0. The number of hydrogen-bond donors (Lipinski definition) is 1. The summed E-state index contributed by atoms with van der Waals surface area (Å²) in [6.07, 6.45) is 1.27. The molecule has 0 aromatic carbocycles. The molecule has 3 nitrogen and oxygen atoms in total. The lowest BCUT2D eigenvalue weighted by Gasteiger charge is -2.36. The Morgan fingerprint density at radius 2 is 2.05 bits per heavy atom. The van der Waals surface area contributed by atoms with Crippen LogP contribution in [0.2, 0.25) is 0 Å². The van der Waals surface area contributed by atoms with Crippen LogP contribution in [0.5, 0.6) is 0 Å². The minimum Gasteiger partial charge on any atom is -0.356 e. The van der Waals surface area contributed by atoms with Crippen LogP contribution in [0, 0.1) is 18.8 Å². The van der Waals surface area contributed by atoms with Gasteiger partial charge in [-0.25, -0.2) is 4.98 Å². The molecule has 1 aromatic heterocycles. The fourth-order valence-corrected chi connectivity index (χ4v) is 2.78. The number of piperidine rings is 1. The minimum atomic E-state index is 0.516. The average molecular weight is 275 g/mol. The summed E-state index contributed by atoms with van der Waals surface area (Å²) in [6, 6.07) is 4.96. The third kappa shape index (κ3) is 3.95. The maximum atomic E-state index is 4.74. The molecule has 0 amide bonds. The maximum Gasteiger partial charge on any atom is 0.129 e. The SMILES string of the molecule is Cc1cc(CNC(C)C)cc(N2CCC(C)C(C)C2)n1. The van der Waals surface area contributed by atoms with Crippen LogP contribution in [-0.2, 0) is 6.54 Å². The van der Waals surface area contributed by atoms with E-state index in [1.165, 1.54) is 12.0 Å². The maximum absolute atomic E-state index is 4.74. The Bertz CT molecular complexity index is 442. The number of nitrogens with one attached hydrogen (secondary N) is 1. The van der Waals surface area contributed by atoms with Gasteiger partial charge in [0.15, 0.2) is 0 Å². The van der Waals surface area contributed by atoms with Crippen LogP contribution < -0.4 is 10.2 Å². The van der Waals surface area contributed by atoms with Gasteiger partial charge in [-0.05, 0) is 42.9 Å². The van der Waals surface area contributed by atoms with E-state index in [0.29, 0.717) is 6.04 Å². The van der Waals surface area contributed by atoms with Gasteiger partial charge >= 0.3 is 0 Å². The summed E-state index contributed by atoms with van der Waals surface area (Å²) in [6.45, 7) is 14.4. The van der Waals surface area contributed by atoms with Crippen molar-refractivity contribution in [1.29, 1.82) is 0 Å². The number of pyridine rings is 1. The second-order valence-corrected chi connectivity index (χ2v) is 6.70. The zero-order valence-corrected chi connectivity index (χ0v) is 13.6. The van der Waals surface area contributed by atoms with E-state index in [-0.39, 0.29) is 0 Å². The van der Waals surface area contributed by atoms with Crippen molar-refractivity contribution >= 4 is 5.82 Å². The van der Waals surface area contributed by atoms with Gasteiger partial charge < -0.3 is 10.2 Å². The number of hydrogen-bond acceptors (Lipinski definition) is 3. The van der Waals surface area contributed by atoms with Gasteiger partial charge in [-0.2, -0.15) is 0 Å². The van der Waals surface area contributed by atoms with Crippen LogP contribution in [0.4, 0.5) is 5.82 Å². The van der Waals surface area contributed by atoms with E-state index in [2.05, 4.69) is 57.0 Å². The van der Waals surface area contributed by atoms with Crippen LogP contribution in [0.15, 0.2) is 12.1 Å². The Morgan fingerprint density at radius 3 is 2.70 bits per heavy atom. The van der Waals surface area contributed by atoms with E-state index in [9.17, 15) is 0 Å². The van der Waals surface area contributed by atoms with Crippen molar-refractivity contribution in [1.82, 2.24) is 10.3 Å². The Morgan fingerprint density at radius 1 is 1.30 bits per heavy atom. The summed E-state index contributed by atoms with van der Waals surface area (Å²) in [5.74, 6) is 2.74. The summed E-state index contributed by atoms with van der Waals surface area (Å²) in [5, 5.41) is 3.49. The largest absolute Gasteiger partial charge is 0.356 e. The van der Waals surface area contributed by atoms with Gasteiger partial charge in [-0.1, -0.05) is 27.7 Å². The predicted molar refractivity (Wildman–Crippen MR) is 86.1 cm³/mol. The van der Waals surface area contributed by atoms with E-state index >= 15 is 0 Å². The molecule has 1 saturated heterocycles. The summed E-state index contributed by atoms with van der Waals surface area (Å²) in [5.41, 5.74) is 2.46. The van der Waals surface area contributed by atoms with E-state index in [4.69, 9.17) is 4.98 Å². The molecular weight excluding hydrogens is 246 g/mol. The molecule has 0 radical (unpaired) electrons. The van der Waals surface area contributed by atoms with Crippen LogP contribution in [0.3, 0.4) is 0 Å². The third-order valence-electron chi connectivity index (χ3n) is 4.37. The zero-order valence-electron chi connectivity index (χ0n) is 13.6. The lowest BCUT2D eigenvalue weighted by Crippen LogP contribution is -2.39. The third-order valence-corrected chi connectivity index (χ3v) is 4.37. The van der Waals surface area contributed by atoms with E-state index < -0.39 is 0 Å². The molecule has 1 N–H and O–H groups in total. The molecule has 20 heavy (non-hydrogen) atoms. The van der Waals surface area contributed by atoms with Crippen molar-refractivity contribution in [2.45, 2.75) is 53.6 Å².